The highest BCUT2D eigenvalue weighted by Gasteiger charge is 2.49. The molecule has 1 saturated carbocycles. The van der Waals surface area contributed by atoms with Crippen molar-refractivity contribution >= 4 is 6.08 Å². The molecule has 1 fully saturated rings. The molecule has 2 nitrogen and oxygen atoms in total. The van der Waals surface area contributed by atoms with Gasteiger partial charge in [0.2, 0.25) is 6.08 Å². The van der Waals surface area contributed by atoms with Gasteiger partial charge in [-0.15, -0.1) is 0 Å². The van der Waals surface area contributed by atoms with Crippen LogP contribution in [-0.4, -0.2) is 12.1 Å². The van der Waals surface area contributed by atoms with Crippen molar-refractivity contribution in [2.24, 2.45) is 16.8 Å². The summed E-state index contributed by atoms with van der Waals surface area (Å²) in [6, 6.07) is 0.312. The van der Waals surface area contributed by atoms with Crippen molar-refractivity contribution in [3.8, 4) is 0 Å². The van der Waals surface area contributed by atoms with Crippen LogP contribution in [0.5, 0.6) is 0 Å². The van der Waals surface area contributed by atoms with Crippen LogP contribution in [0.25, 0.3) is 0 Å². The van der Waals surface area contributed by atoms with E-state index in [1.807, 2.05) is 0 Å². The molecular weight excluding hydrogens is 126 g/mol. The number of rotatable bonds is 1. The second kappa shape index (κ2) is 2.06. The second-order valence-corrected chi connectivity index (χ2v) is 2.98. The quantitative estimate of drug-likeness (QED) is 0.302. The molecule has 2 rings (SSSR count). The van der Waals surface area contributed by atoms with Gasteiger partial charge in [0.05, 0.1) is 6.04 Å². The highest BCUT2D eigenvalue weighted by Crippen LogP contribution is 2.49. The first-order valence-corrected chi connectivity index (χ1v) is 3.65. The third-order valence-electron chi connectivity index (χ3n) is 2.47. The van der Waals surface area contributed by atoms with Gasteiger partial charge in [0.25, 0.3) is 0 Å². The Balaban J connectivity index is 2.04. The average molecular weight is 135 g/mol. The molecule has 2 aliphatic rings. The van der Waals surface area contributed by atoms with Crippen molar-refractivity contribution in [3.63, 3.8) is 0 Å². The van der Waals surface area contributed by atoms with E-state index < -0.39 is 0 Å². The molecule has 0 N–H and O–H groups in total. The van der Waals surface area contributed by atoms with E-state index in [-0.39, 0.29) is 0 Å². The first-order chi connectivity index (χ1) is 4.93. The molecule has 2 unspecified atom stereocenters. The van der Waals surface area contributed by atoms with Crippen molar-refractivity contribution in [1.29, 1.82) is 0 Å². The predicted octanol–water partition coefficient (Wildman–Crippen LogP) is 1.29. The molecule has 0 radical (unpaired) electrons. The number of hydrogen-bond donors (Lipinski definition) is 0. The van der Waals surface area contributed by atoms with Crippen LogP contribution in [0.1, 0.15) is 12.8 Å². The Hall–Kier alpha value is -0.880. The summed E-state index contributed by atoms with van der Waals surface area (Å²) >= 11 is 0. The lowest BCUT2D eigenvalue weighted by Crippen LogP contribution is -1.83. The smallest absolute Gasteiger partial charge is 0.211 e. The topological polar surface area (TPSA) is 29.4 Å². The highest BCUT2D eigenvalue weighted by atomic mass is 16.1. The minimum atomic E-state index is 0.312. The lowest BCUT2D eigenvalue weighted by Gasteiger charge is -1.95. The number of hydrogen-bond acceptors (Lipinski definition) is 2. The minimum absolute atomic E-state index is 0.312. The Kier molecular flexibility index (Phi) is 1.21. The van der Waals surface area contributed by atoms with E-state index in [0.717, 1.165) is 12.8 Å². The van der Waals surface area contributed by atoms with Crippen LogP contribution in [0.2, 0.25) is 0 Å². The van der Waals surface area contributed by atoms with Gasteiger partial charge in [-0.3, -0.25) is 0 Å². The molecule has 0 aliphatic heterocycles. The van der Waals surface area contributed by atoms with Crippen LogP contribution in [0.4, 0.5) is 0 Å². The van der Waals surface area contributed by atoms with Crippen LogP contribution in [0.15, 0.2) is 17.1 Å². The zero-order chi connectivity index (χ0) is 6.97. The molecule has 0 aromatic heterocycles. The summed E-state index contributed by atoms with van der Waals surface area (Å²) in [6.45, 7) is 0. The SMILES string of the molecule is O=C=NC1C2CC=CCC21. The van der Waals surface area contributed by atoms with Gasteiger partial charge in [0.1, 0.15) is 0 Å². The molecule has 10 heavy (non-hydrogen) atoms. The maximum absolute atomic E-state index is 9.89. The molecule has 52 valence electrons. The molecule has 0 aromatic rings. The van der Waals surface area contributed by atoms with Gasteiger partial charge in [-0.05, 0) is 24.7 Å². The van der Waals surface area contributed by atoms with Gasteiger partial charge >= 0.3 is 0 Å². The second-order valence-electron chi connectivity index (χ2n) is 2.98. The van der Waals surface area contributed by atoms with Gasteiger partial charge in [-0.1, -0.05) is 12.2 Å². The van der Waals surface area contributed by atoms with Crippen molar-refractivity contribution < 1.29 is 4.79 Å². The molecule has 2 heteroatoms. The van der Waals surface area contributed by atoms with E-state index in [1.165, 1.54) is 0 Å². The lowest BCUT2D eigenvalue weighted by molar-refractivity contribution is 0.561. The first kappa shape index (κ1) is 5.87. The molecular formula is C8H9NO. The molecule has 0 bridgehead atoms. The van der Waals surface area contributed by atoms with Gasteiger partial charge in [-0.2, -0.15) is 0 Å². The van der Waals surface area contributed by atoms with E-state index in [0.29, 0.717) is 17.9 Å². The summed E-state index contributed by atoms with van der Waals surface area (Å²) in [5, 5.41) is 0. The first-order valence-electron chi connectivity index (χ1n) is 3.65. The minimum Gasteiger partial charge on any atom is -0.211 e. The molecule has 0 saturated heterocycles. The number of isocyanates is 1. The van der Waals surface area contributed by atoms with Crippen LogP contribution < -0.4 is 0 Å². The fourth-order valence-electron chi connectivity index (χ4n) is 1.81. The fraction of sp³-hybridized carbons (Fsp3) is 0.625. The average Bonchev–Trinajstić information content (AvgIpc) is 2.66. The zero-order valence-electron chi connectivity index (χ0n) is 5.66. The normalized spacial score (nSPS) is 41.8. The highest BCUT2D eigenvalue weighted by molar-refractivity contribution is 5.36. The van der Waals surface area contributed by atoms with Crippen LogP contribution in [0, 0.1) is 11.8 Å². The van der Waals surface area contributed by atoms with Gasteiger partial charge in [0.15, 0.2) is 0 Å². The largest absolute Gasteiger partial charge is 0.235 e. The summed E-state index contributed by atoms with van der Waals surface area (Å²) < 4.78 is 0. The van der Waals surface area contributed by atoms with E-state index in [9.17, 15) is 4.79 Å². The van der Waals surface area contributed by atoms with Crippen molar-refractivity contribution in [3.05, 3.63) is 12.2 Å². The molecule has 0 amide bonds. The summed E-state index contributed by atoms with van der Waals surface area (Å²) in [4.78, 5) is 13.6. The van der Waals surface area contributed by atoms with Gasteiger partial charge in [-0.25, -0.2) is 9.79 Å². The van der Waals surface area contributed by atoms with Crippen LogP contribution in [0.3, 0.4) is 0 Å². The third kappa shape index (κ3) is 0.729. The Morgan fingerprint density at radius 2 is 1.90 bits per heavy atom. The third-order valence-corrected chi connectivity index (χ3v) is 2.47. The molecule has 2 atom stereocenters. The predicted molar refractivity (Wildman–Crippen MR) is 37.3 cm³/mol. The van der Waals surface area contributed by atoms with E-state index >= 15 is 0 Å². The maximum atomic E-state index is 9.89. The molecule has 0 heterocycles. The fourth-order valence-corrected chi connectivity index (χ4v) is 1.81. The van der Waals surface area contributed by atoms with Gasteiger partial charge < -0.3 is 0 Å². The Morgan fingerprint density at radius 1 is 1.30 bits per heavy atom. The summed E-state index contributed by atoms with van der Waals surface area (Å²) in [5.74, 6) is 1.35. The lowest BCUT2D eigenvalue weighted by atomic mass is 10.1. The summed E-state index contributed by atoms with van der Waals surface area (Å²) in [6.07, 6.45) is 8.22. The van der Waals surface area contributed by atoms with E-state index in [2.05, 4.69) is 17.1 Å². The summed E-state index contributed by atoms with van der Waals surface area (Å²) in [5.41, 5.74) is 0. The zero-order valence-corrected chi connectivity index (χ0v) is 5.66. The van der Waals surface area contributed by atoms with Crippen molar-refractivity contribution in [2.75, 3.05) is 0 Å². The van der Waals surface area contributed by atoms with E-state index in [4.69, 9.17) is 0 Å². The Morgan fingerprint density at radius 3 is 2.40 bits per heavy atom. The molecule has 0 aromatic carbocycles. The van der Waals surface area contributed by atoms with Crippen LogP contribution >= 0.6 is 0 Å². The van der Waals surface area contributed by atoms with Crippen LogP contribution in [-0.2, 0) is 4.79 Å². The number of aliphatic imine (C=N–C) groups is 1. The monoisotopic (exact) mass is 135 g/mol. The van der Waals surface area contributed by atoms with Gasteiger partial charge in [0, 0.05) is 0 Å². The van der Waals surface area contributed by atoms with Crippen molar-refractivity contribution in [1.82, 2.24) is 0 Å². The Bertz CT molecular complexity index is 201. The number of fused-ring (bicyclic) bond motifs is 1. The number of allylic oxidation sites excluding steroid dienone is 2. The number of carbonyl (C=O) groups excluding carboxylic acids is 1. The Labute approximate surface area is 59.6 Å². The van der Waals surface area contributed by atoms with Crippen molar-refractivity contribution in [2.45, 2.75) is 18.9 Å². The molecule has 2 aliphatic carbocycles. The standard InChI is InChI=1S/C8H9NO/c10-5-9-8-6-3-1-2-4-7(6)8/h1-2,6-8H,3-4H2. The number of nitrogens with zero attached hydrogens (tertiary/aromatic N) is 1. The maximum Gasteiger partial charge on any atom is 0.235 e. The summed E-state index contributed by atoms with van der Waals surface area (Å²) in [7, 11) is 0. The van der Waals surface area contributed by atoms with E-state index in [1.54, 1.807) is 6.08 Å². The molecule has 0 spiro atoms.